The third-order valence-corrected chi connectivity index (χ3v) is 8.14. The zero-order chi connectivity index (χ0) is 33.7. The van der Waals surface area contributed by atoms with Crippen LogP contribution in [0.3, 0.4) is 0 Å². The average molecular weight is 653 g/mol. The number of carbonyl (C=O) groups excluding carboxylic acids is 2. The highest BCUT2D eigenvalue weighted by atomic mass is 32.2. The molecule has 1 unspecified atom stereocenters. The van der Waals surface area contributed by atoms with E-state index in [4.69, 9.17) is 9.72 Å². The zero-order valence-electron chi connectivity index (χ0n) is 27.1. The van der Waals surface area contributed by atoms with E-state index in [2.05, 4.69) is 39.8 Å². The zero-order valence-corrected chi connectivity index (χ0v) is 27.9. The van der Waals surface area contributed by atoms with Crippen molar-refractivity contribution in [3.63, 3.8) is 0 Å². The first kappa shape index (κ1) is 33.3. The third kappa shape index (κ3) is 8.62. The first-order valence-corrected chi connectivity index (χ1v) is 16.0. The van der Waals surface area contributed by atoms with Crippen molar-refractivity contribution >= 4 is 52.0 Å². The lowest BCUT2D eigenvalue weighted by Gasteiger charge is -2.19. The van der Waals surface area contributed by atoms with Gasteiger partial charge >= 0.3 is 6.09 Å². The topological polar surface area (TPSA) is 118 Å². The molecule has 1 atom stereocenters. The van der Waals surface area contributed by atoms with Crippen molar-refractivity contribution in [2.45, 2.75) is 68.9 Å². The van der Waals surface area contributed by atoms with Gasteiger partial charge in [-0.2, -0.15) is 0 Å². The Kier molecular flexibility index (Phi) is 10.0. The maximum absolute atomic E-state index is 14.4. The van der Waals surface area contributed by atoms with Gasteiger partial charge in [-0.25, -0.2) is 24.1 Å². The van der Waals surface area contributed by atoms with Gasteiger partial charge in [-0.3, -0.25) is 10.1 Å². The fraction of sp³-hybridized carbons (Fsp3) is 0.250. The van der Waals surface area contributed by atoms with Crippen LogP contribution in [0.4, 0.5) is 26.4 Å². The number of hydrogen-bond donors (Lipinski definition) is 3. The van der Waals surface area contributed by atoms with Crippen LogP contribution in [0.15, 0.2) is 95.0 Å². The Morgan fingerprint density at radius 1 is 0.915 bits per heavy atom. The molecule has 2 aromatic heterocycles. The SMILES string of the molecule is CC(C)c1ccc2c(Nc3cc(C(=O)NC(C)c4ccccc4F)ccc3Sc3ccc(NC(=O)OC(C)(C)C)cc3)ncnc2n1. The molecule has 5 aromatic rings. The lowest BCUT2D eigenvalue weighted by Crippen LogP contribution is -2.27. The minimum Gasteiger partial charge on any atom is -0.444 e. The van der Waals surface area contributed by atoms with E-state index >= 15 is 0 Å². The van der Waals surface area contributed by atoms with Crippen LogP contribution in [0.25, 0.3) is 11.0 Å². The van der Waals surface area contributed by atoms with E-state index in [1.807, 2.05) is 30.3 Å². The van der Waals surface area contributed by atoms with Gasteiger partial charge in [-0.15, -0.1) is 0 Å². The quantitative estimate of drug-likeness (QED) is 0.144. The van der Waals surface area contributed by atoms with Crippen LogP contribution in [-0.2, 0) is 4.74 Å². The molecule has 242 valence electrons. The second-order valence-electron chi connectivity index (χ2n) is 12.3. The van der Waals surface area contributed by atoms with Crippen molar-refractivity contribution in [3.8, 4) is 0 Å². The number of anilines is 3. The molecule has 0 radical (unpaired) electrons. The molecular weight excluding hydrogens is 616 g/mol. The average Bonchev–Trinajstić information content (AvgIpc) is 3.01. The number of nitrogens with one attached hydrogen (secondary N) is 3. The van der Waals surface area contributed by atoms with Gasteiger partial charge in [0, 0.05) is 32.3 Å². The first-order chi connectivity index (χ1) is 22.4. The molecule has 0 saturated carbocycles. The lowest BCUT2D eigenvalue weighted by atomic mass is 10.1. The largest absolute Gasteiger partial charge is 0.444 e. The number of fused-ring (bicyclic) bond motifs is 1. The van der Waals surface area contributed by atoms with Gasteiger partial charge in [0.2, 0.25) is 0 Å². The van der Waals surface area contributed by atoms with E-state index in [-0.39, 0.29) is 17.6 Å². The highest BCUT2D eigenvalue weighted by molar-refractivity contribution is 7.99. The Morgan fingerprint density at radius 3 is 2.36 bits per heavy atom. The smallest absolute Gasteiger partial charge is 0.412 e. The summed E-state index contributed by atoms with van der Waals surface area (Å²) in [7, 11) is 0. The van der Waals surface area contributed by atoms with Crippen LogP contribution in [-0.4, -0.2) is 32.6 Å². The van der Waals surface area contributed by atoms with Gasteiger partial charge in [0.15, 0.2) is 5.65 Å². The van der Waals surface area contributed by atoms with Crippen LogP contribution >= 0.6 is 11.8 Å². The molecule has 0 saturated heterocycles. The molecule has 0 bridgehead atoms. The summed E-state index contributed by atoms with van der Waals surface area (Å²) >= 11 is 1.47. The predicted octanol–water partition coefficient (Wildman–Crippen LogP) is 9.02. The van der Waals surface area contributed by atoms with Crippen LogP contribution in [0.1, 0.15) is 75.1 Å². The number of nitrogens with zero attached hydrogens (tertiary/aromatic N) is 3. The van der Waals surface area contributed by atoms with E-state index in [9.17, 15) is 14.0 Å². The van der Waals surface area contributed by atoms with E-state index in [0.29, 0.717) is 34.0 Å². The second kappa shape index (κ2) is 14.2. The molecule has 0 aliphatic carbocycles. The summed E-state index contributed by atoms with van der Waals surface area (Å²) in [6.07, 6.45) is 0.923. The third-order valence-electron chi connectivity index (χ3n) is 7.05. The number of aromatic nitrogens is 3. The van der Waals surface area contributed by atoms with Crippen molar-refractivity contribution in [2.75, 3.05) is 10.6 Å². The van der Waals surface area contributed by atoms with Gasteiger partial charge in [-0.05, 0) is 94.3 Å². The number of ether oxygens (including phenoxy) is 1. The molecule has 2 amide bonds. The number of halogens is 1. The van der Waals surface area contributed by atoms with Gasteiger partial charge in [0.1, 0.15) is 23.6 Å². The van der Waals surface area contributed by atoms with Gasteiger partial charge < -0.3 is 15.4 Å². The molecule has 3 N–H and O–H groups in total. The van der Waals surface area contributed by atoms with Crippen LogP contribution in [0, 0.1) is 5.82 Å². The summed E-state index contributed by atoms with van der Waals surface area (Å²) in [5.74, 6) is 0.0376. The summed E-state index contributed by atoms with van der Waals surface area (Å²) in [5.41, 5.74) is 2.88. The number of hydrogen-bond acceptors (Lipinski definition) is 8. The number of amides is 2. The summed E-state index contributed by atoms with van der Waals surface area (Å²) < 4.78 is 19.7. The second-order valence-corrected chi connectivity index (χ2v) is 13.4. The van der Waals surface area contributed by atoms with Crippen LogP contribution < -0.4 is 16.0 Å². The maximum atomic E-state index is 14.4. The van der Waals surface area contributed by atoms with Gasteiger partial charge in [0.05, 0.1) is 17.1 Å². The summed E-state index contributed by atoms with van der Waals surface area (Å²) in [6.45, 7) is 11.3. The molecule has 11 heteroatoms. The molecule has 9 nitrogen and oxygen atoms in total. The Bertz CT molecular complexity index is 1910. The molecule has 0 fully saturated rings. The highest BCUT2D eigenvalue weighted by Gasteiger charge is 2.19. The molecule has 5 rings (SSSR count). The normalized spacial score (nSPS) is 12.1. The van der Waals surface area contributed by atoms with Crippen molar-refractivity contribution < 1.29 is 18.7 Å². The fourth-order valence-electron chi connectivity index (χ4n) is 4.70. The molecular formula is C36H37FN6O3S. The molecule has 47 heavy (non-hydrogen) atoms. The number of benzene rings is 3. The van der Waals surface area contributed by atoms with Crippen molar-refractivity contribution in [1.29, 1.82) is 0 Å². The highest BCUT2D eigenvalue weighted by Crippen LogP contribution is 2.37. The number of pyridine rings is 1. The van der Waals surface area contributed by atoms with Crippen molar-refractivity contribution in [3.05, 3.63) is 108 Å². The summed E-state index contributed by atoms with van der Waals surface area (Å²) in [5, 5.41) is 9.78. The molecule has 0 aliphatic heterocycles. The number of rotatable bonds is 9. The Balaban J connectivity index is 1.44. The monoisotopic (exact) mass is 652 g/mol. The van der Waals surface area contributed by atoms with Crippen molar-refractivity contribution in [2.24, 2.45) is 0 Å². The van der Waals surface area contributed by atoms with Gasteiger partial charge in [-0.1, -0.05) is 43.8 Å². The molecule has 0 aliphatic rings. The predicted molar refractivity (Wildman–Crippen MR) is 184 cm³/mol. The molecule has 2 heterocycles. The summed E-state index contributed by atoms with van der Waals surface area (Å²) in [4.78, 5) is 40.9. The molecule has 3 aromatic carbocycles. The van der Waals surface area contributed by atoms with E-state index in [1.165, 1.54) is 24.2 Å². The fourth-order valence-corrected chi connectivity index (χ4v) is 5.58. The van der Waals surface area contributed by atoms with E-state index in [1.54, 1.807) is 70.2 Å². The van der Waals surface area contributed by atoms with Crippen LogP contribution in [0.5, 0.6) is 0 Å². The van der Waals surface area contributed by atoms with Crippen molar-refractivity contribution in [1.82, 2.24) is 20.3 Å². The standard InChI is InChI=1S/C36H37FN6O3S/c1-21(2)29-17-16-27-32(42-29)38-20-39-33(27)43-30-19-23(34(44)40-22(3)26-9-7-8-10-28(26)37)11-18-31(30)47-25-14-12-24(13-15-25)41-35(45)46-36(4,5)6/h7-22H,1-6H3,(H,40,44)(H,41,45)(H,38,39,42,43). The lowest BCUT2D eigenvalue weighted by molar-refractivity contribution is 0.0635. The first-order valence-electron chi connectivity index (χ1n) is 15.2. The summed E-state index contributed by atoms with van der Waals surface area (Å²) in [6, 6.07) is 22.4. The Labute approximate surface area is 277 Å². The van der Waals surface area contributed by atoms with E-state index in [0.717, 1.165) is 20.9 Å². The van der Waals surface area contributed by atoms with Gasteiger partial charge in [0.25, 0.3) is 5.91 Å². The Hall–Kier alpha value is -5.03. The number of carbonyl (C=O) groups is 2. The van der Waals surface area contributed by atoms with Crippen LogP contribution in [0.2, 0.25) is 0 Å². The van der Waals surface area contributed by atoms with E-state index < -0.39 is 17.7 Å². The molecule has 0 spiro atoms. The Morgan fingerprint density at radius 2 is 1.66 bits per heavy atom. The minimum atomic E-state index is -0.607. The minimum absolute atomic E-state index is 0.237. The maximum Gasteiger partial charge on any atom is 0.412 e.